The summed E-state index contributed by atoms with van der Waals surface area (Å²) < 4.78 is 37.1. The Balaban J connectivity index is 1.56. The van der Waals surface area contributed by atoms with Crippen molar-refractivity contribution >= 4 is 26.5 Å². The number of nitrogens with zero attached hydrogens (tertiary/aromatic N) is 1. The molecule has 0 radical (unpaired) electrons. The number of sulfonamides is 1. The van der Waals surface area contributed by atoms with Gasteiger partial charge >= 0.3 is 0 Å². The van der Waals surface area contributed by atoms with Crippen LogP contribution in [0.25, 0.3) is 11.5 Å². The van der Waals surface area contributed by atoms with Crippen LogP contribution in [-0.2, 0) is 10.0 Å². The predicted octanol–water partition coefficient (Wildman–Crippen LogP) is 3.22. The number of para-hydroxylation sites is 1. The van der Waals surface area contributed by atoms with Crippen LogP contribution in [0, 0.1) is 0 Å². The first-order valence-corrected chi connectivity index (χ1v) is 9.33. The molecular weight excluding hydrogens is 336 g/mol. The predicted molar refractivity (Wildman–Crippen MR) is 89.2 cm³/mol. The molecule has 0 fully saturated rings. The van der Waals surface area contributed by atoms with Gasteiger partial charge in [0, 0.05) is 5.38 Å². The van der Waals surface area contributed by atoms with Crippen LogP contribution in [0.5, 0.6) is 5.75 Å². The zero-order valence-corrected chi connectivity index (χ0v) is 13.6. The summed E-state index contributed by atoms with van der Waals surface area (Å²) in [4.78, 5) is 4.20. The van der Waals surface area contributed by atoms with Gasteiger partial charge in [0.1, 0.15) is 23.8 Å². The summed E-state index contributed by atoms with van der Waals surface area (Å²) >= 11 is 1.20. The Labute approximate surface area is 137 Å². The SMILES string of the molecule is O=S(=O)(CCOc1ccccc1)Nc1nc(-c2ccco2)cs1. The molecule has 0 amide bonds. The van der Waals surface area contributed by atoms with Gasteiger partial charge in [-0.25, -0.2) is 13.4 Å². The van der Waals surface area contributed by atoms with Gasteiger partial charge in [0.15, 0.2) is 10.9 Å². The molecule has 23 heavy (non-hydrogen) atoms. The van der Waals surface area contributed by atoms with Crippen LogP contribution in [0.3, 0.4) is 0 Å². The van der Waals surface area contributed by atoms with E-state index < -0.39 is 10.0 Å². The number of anilines is 1. The molecule has 0 spiro atoms. The van der Waals surface area contributed by atoms with Gasteiger partial charge in [-0.2, -0.15) is 0 Å². The maximum absolute atomic E-state index is 12.0. The minimum atomic E-state index is -3.52. The van der Waals surface area contributed by atoms with Gasteiger partial charge in [0.05, 0.1) is 6.26 Å². The van der Waals surface area contributed by atoms with Crippen molar-refractivity contribution in [2.24, 2.45) is 0 Å². The second kappa shape index (κ2) is 6.84. The van der Waals surface area contributed by atoms with Gasteiger partial charge in [0.25, 0.3) is 0 Å². The first kappa shape index (κ1) is 15.6. The normalized spacial score (nSPS) is 11.3. The van der Waals surface area contributed by atoms with E-state index in [2.05, 4.69) is 9.71 Å². The first-order valence-electron chi connectivity index (χ1n) is 6.80. The molecule has 2 heterocycles. The summed E-state index contributed by atoms with van der Waals surface area (Å²) in [5.74, 6) is 1.08. The second-order valence-corrected chi connectivity index (χ2v) is 7.30. The Morgan fingerprint density at radius 3 is 2.74 bits per heavy atom. The lowest BCUT2D eigenvalue weighted by atomic mass is 10.3. The molecule has 0 bridgehead atoms. The maximum Gasteiger partial charge on any atom is 0.237 e. The fraction of sp³-hybridized carbons (Fsp3) is 0.133. The van der Waals surface area contributed by atoms with Gasteiger partial charge < -0.3 is 9.15 Å². The van der Waals surface area contributed by atoms with E-state index in [1.165, 1.54) is 11.3 Å². The zero-order valence-electron chi connectivity index (χ0n) is 12.0. The highest BCUT2D eigenvalue weighted by atomic mass is 32.2. The lowest BCUT2D eigenvalue weighted by Gasteiger charge is -2.07. The van der Waals surface area contributed by atoms with E-state index in [-0.39, 0.29) is 12.4 Å². The van der Waals surface area contributed by atoms with E-state index in [0.29, 0.717) is 22.3 Å². The molecule has 0 atom stereocenters. The van der Waals surface area contributed by atoms with E-state index in [1.807, 2.05) is 18.2 Å². The van der Waals surface area contributed by atoms with Gasteiger partial charge in [-0.05, 0) is 24.3 Å². The third kappa shape index (κ3) is 4.33. The molecule has 0 saturated carbocycles. The van der Waals surface area contributed by atoms with Crippen molar-refractivity contribution in [3.8, 4) is 17.2 Å². The van der Waals surface area contributed by atoms with Crippen molar-refractivity contribution in [1.82, 2.24) is 4.98 Å². The van der Waals surface area contributed by atoms with E-state index in [0.717, 1.165) is 0 Å². The average Bonchev–Trinajstić information content (AvgIpc) is 3.18. The zero-order chi connectivity index (χ0) is 16.1. The summed E-state index contributed by atoms with van der Waals surface area (Å²) in [7, 11) is -3.52. The fourth-order valence-electron chi connectivity index (χ4n) is 1.83. The van der Waals surface area contributed by atoms with Crippen LogP contribution in [0.2, 0.25) is 0 Å². The summed E-state index contributed by atoms with van der Waals surface area (Å²) in [6.45, 7) is 0.0652. The monoisotopic (exact) mass is 350 g/mol. The van der Waals surface area contributed by atoms with E-state index >= 15 is 0 Å². The quantitative estimate of drug-likeness (QED) is 0.707. The van der Waals surface area contributed by atoms with Crippen LogP contribution < -0.4 is 9.46 Å². The third-order valence-corrected chi connectivity index (χ3v) is 4.98. The minimum Gasteiger partial charge on any atom is -0.492 e. The smallest absolute Gasteiger partial charge is 0.237 e. The molecule has 1 N–H and O–H groups in total. The van der Waals surface area contributed by atoms with Crippen molar-refractivity contribution < 1.29 is 17.6 Å². The third-order valence-electron chi connectivity index (χ3n) is 2.88. The van der Waals surface area contributed by atoms with Crippen LogP contribution in [0.15, 0.2) is 58.5 Å². The number of thiazole rings is 1. The number of aromatic nitrogens is 1. The Bertz CT molecular complexity index is 843. The number of rotatable bonds is 7. The molecule has 6 nitrogen and oxygen atoms in total. The van der Waals surface area contributed by atoms with E-state index in [1.54, 1.807) is 35.9 Å². The van der Waals surface area contributed by atoms with Crippen molar-refractivity contribution in [1.29, 1.82) is 0 Å². The Hall–Kier alpha value is -2.32. The number of nitrogens with one attached hydrogen (secondary N) is 1. The summed E-state index contributed by atoms with van der Waals surface area (Å²) in [6.07, 6.45) is 1.54. The Morgan fingerprint density at radius 2 is 2.00 bits per heavy atom. The van der Waals surface area contributed by atoms with Crippen molar-refractivity contribution in [3.63, 3.8) is 0 Å². The number of hydrogen-bond donors (Lipinski definition) is 1. The minimum absolute atomic E-state index is 0.0652. The lowest BCUT2D eigenvalue weighted by molar-refractivity contribution is 0.341. The molecule has 2 aromatic heterocycles. The first-order chi connectivity index (χ1) is 11.1. The molecule has 3 aromatic rings. The van der Waals surface area contributed by atoms with Gasteiger partial charge in [0.2, 0.25) is 10.0 Å². The molecule has 120 valence electrons. The fourth-order valence-corrected chi connectivity index (χ4v) is 3.66. The average molecular weight is 350 g/mol. The van der Waals surface area contributed by atoms with Gasteiger partial charge in [-0.1, -0.05) is 18.2 Å². The van der Waals surface area contributed by atoms with Crippen molar-refractivity contribution in [2.75, 3.05) is 17.1 Å². The number of benzene rings is 1. The topological polar surface area (TPSA) is 81.4 Å². The van der Waals surface area contributed by atoms with Crippen LogP contribution in [-0.4, -0.2) is 25.8 Å². The van der Waals surface area contributed by atoms with Crippen LogP contribution in [0.1, 0.15) is 0 Å². The van der Waals surface area contributed by atoms with Crippen molar-refractivity contribution in [3.05, 3.63) is 54.1 Å². The van der Waals surface area contributed by atoms with E-state index in [9.17, 15) is 8.42 Å². The molecule has 8 heteroatoms. The Kier molecular flexibility index (Phi) is 4.63. The molecule has 0 unspecified atom stereocenters. The van der Waals surface area contributed by atoms with E-state index in [4.69, 9.17) is 9.15 Å². The highest BCUT2D eigenvalue weighted by molar-refractivity contribution is 7.92. The standard InChI is InChI=1S/C15H14N2O4S2/c18-23(19,10-9-20-12-5-2-1-3-6-12)17-15-16-13(11-22-15)14-7-4-8-21-14/h1-8,11H,9-10H2,(H,16,17). The largest absolute Gasteiger partial charge is 0.492 e. The second-order valence-electron chi connectivity index (χ2n) is 4.60. The van der Waals surface area contributed by atoms with Gasteiger partial charge in [-0.3, -0.25) is 4.72 Å². The number of furan rings is 1. The molecule has 0 aliphatic carbocycles. The summed E-state index contributed by atoms with van der Waals surface area (Å²) in [6, 6.07) is 12.6. The molecular formula is C15H14N2O4S2. The lowest BCUT2D eigenvalue weighted by Crippen LogP contribution is -2.21. The molecule has 0 aliphatic rings. The highest BCUT2D eigenvalue weighted by Crippen LogP contribution is 2.25. The van der Waals surface area contributed by atoms with Crippen LogP contribution in [0.4, 0.5) is 5.13 Å². The maximum atomic E-state index is 12.0. The van der Waals surface area contributed by atoms with Gasteiger partial charge in [-0.15, -0.1) is 11.3 Å². The Morgan fingerprint density at radius 1 is 1.17 bits per heavy atom. The number of ether oxygens (including phenoxy) is 1. The highest BCUT2D eigenvalue weighted by Gasteiger charge is 2.14. The molecule has 0 saturated heterocycles. The molecule has 3 rings (SSSR count). The summed E-state index contributed by atoms with van der Waals surface area (Å²) in [5, 5.41) is 2.04. The van der Waals surface area contributed by atoms with Crippen molar-refractivity contribution in [2.45, 2.75) is 0 Å². The van der Waals surface area contributed by atoms with Crippen LogP contribution >= 0.6 is 11.3 Å². The number of hydrogen-bond acceptors (Lipinski definition) is 6. The molecule has 1 aromatic carbocycles. The summed E-state index contributed by atoms with van der Waals surface area (Å²) in [5.41, 5.74) is 0.596. The molecule has 0 aliphatic heterocycles.